The summed E-state index contributed by atoms with van der Waals surface area (Å²) in [5, 5.41) is 3.29. The van der Waals surface area contributed by atoms with E-state index in [9.17, 15) is 9.18 Å². The van der Waals surface area contributed by atoms with Crippen molar-refractivity contribution in [1.82, 2.24) is 10.2 Å². The predicted molar refractivity (Wildman–Crippen MR) is 94.3 cm³/mol. The third-order valence-corrected chi connectivity index (χ3v) is 4.55. The molecule has 1 aromatic carbocycles. The van der Waals surface area contributed by atoms with Gasteiger partial charge < -0.3 is 19.9 Å². The summed E-state index contributed by atoms with van der Waals surface area (Å²) < 4.78 is 18.7. The first kappa shape index (κ1) is 19.0. The van der Waals surface area contributed by atoms with Crippen molar-refractivity contribution < 1.29 is 13.9 Å². The molecule has 7 heteroatoms. The van der Waals surface area contributed by atoms with Gasteiger partial charge in [-0.15, -0.1) is 12.4 Å². The van der Waals surface area contributed by atoms with E-state index in [1.54, 1.807) is 12.1 Å². The summed E-state index contributed by atoms with van der Waals surface area (Å²) >= 11 is 0. The fourth-order valence-electron chi connectivity index (χ4n) is 3.11. The highest BCUT2D eigenvalue weighted by Gasteiger charge is 2.22. The molecule has 2 fully saturated rings. The fourth-order valence-corrected chi connectivity index (χ4v) is 3.11. The molecule has 0 atom stereocenters. The Labute approximate surface area is 148 Å². The summed E-state index contributed by atoms with van der Waals surface area (Å²) in [5.74, 6) is -0.153. The van der Waals surface area contributed by atoms with E-state index in [4.69, 9.17) is 4.74 Å². The van der Waals surface area contributed by atoms with Crippen molar-refractivity contribution in [2.75, 3.05) is 50.8 Å². The van der Waals surface area contributed by atoms with Crippen LogP contribution in [0.3, 0.4) is 0 Å². The van der Waals surface area contributed by atoms with Gasteiger partial charge in [0.05, 0.1) is 6.10 Å². The summed E-state index contributed by atoms with van der Waals surface area (Å²) in [7, 11) is 0. The van der Waals surface area contributed by atoms with E-state index in [0.29, 0.717) is 13.1 Å². The van der Waals surface area contributed by atoms with E-state index in [-0.39, 0.29) is 36.8 Å². The van der Waals surface area contributed by atoms with Crippen LogP contribution < -0.4 is 10.2 Å². The SMILES string of the molecule is Cl.O=C(COC1CCNCC1)N1CCN(c2ccc(F)cc2)CC1. The second kappa shape index (κ2) is 9.20. The molecule has 24 heavy (non-hydrogen) atoms. The van der Waals surface area contributed by atoms with Crippen molar-refractivity contribution in [3.63, 3.8) is 0 Å². The molecule has 1 aromatic rings. The molecule has 2 heterocycles. The Kier molecular flexibility index (Phi) is 7.27. The molecule has 0 saturated carbocycles. The first-order chi connectivity index (χ1) is 11.2. The molecule has 2 saturated heterocycles. The lowest BCUT2D eigenvalue weighted by Gasteiger charge is -2.36. The van der Waals surface area contributed by atoms with Crippen molar-refractivity contribution in [2.45, 2.75) is 18.9 Å². The van der Waals surface area contributed by atoms with Crippen LogP contribution >= 0.6 is 12.4 Å². The Morgan fingerprint density at radius 2 is 1.75 bits per heavy atom. The third kappa shape index (κ3) is 5.06. The fraction of sp³-hybridized carbons (Fsp3) is 0.588. The van der Waals surface area contributed by atoms with E-state index in [0.717, 1.165) is 44.7 Å². The lowest BCUT2D eigenvalue weighted by molar-refractivity contribution is -0.139. The molecule has 0 bridgehead atoms. The predicted octanol–water partition coefficient (Wildman–Crippen LogP) is 1.66. The molecule has 5 nitrogen and oxygen atoms in total. The summed E-state index contributed by atoms with van der Waals surface area (Å²) in [5.41, 5.74) is 1.00. The lowest BCUT2D eigenvalue weighted by Crippen LogP contribution is -2.50. The van der Waals surface area contributed by atoms with Gasteiger partial charge in [0.1, 0.15) is 12.4 Å². The van der Waals surface area contributed by atoms with E-state index in [1.165, 1.54) is 12.1 Å². The molecule has 1 amide bonds. The van der Waals surface area contributed by atoms with Crippen LogP contribution in [0.25, 0.3) is 0 Å². The maximum Gasteiger partial charge on any atom is 0.248 e. The third-order valence-electron chi connectivity index (χ3n) is 4.55. The summed E-state index contributed by atoms with van der Waals surface area (Å²) in [4.78, 5) is 16.3. The highest BCUT2D eigenvalue weighted by atomic mass is 35.5. The number of hydrogen-bond donors (Lipinski definition) is 1. The zero-order chi connectivity index (χ0) is 16.1. The minimum absolute atomic E-state index is 0. The van der Waals surface area contributed by atoms with Crippen LogP contribution in [0.5, 0.6) is 0 Å². The highest BCUT2D eigenvalue weighted by Crippen LogP contribution is 2.17. The second-order valence-electron chi connectivity index (χ2n) is 6.10. The normalized spacial score (nSPS) is 19.0. The van der Waals surface area contributed by atoms with Gasteiger partial charge in [-0.25, -0.2) is 4.39 Å². The molecule has 2 aliphatic heterocycles. The van der Waals surface area contributed by atoms with Crippen LogP contribution in [0.1, 0.15) is 12.8 Å². The van der Waals surface area contributed by atoms with Gasteiger partial charge in [-0.2, -0.15) is 0 Å². The first-order valence-corrected chi connectivity index (χ1v) is 8.33. The maximum atomic E-state index is 13.0. The van der Waals surface area contributed by atoms with Gasteiger partial charge in [0.25, 0.3) is 0 Å². The largest absolute Gasteiger partial charge is 0.368 e. The Morgan fingerprint density at radius 3 is 2.38 bits per heavy atom. The van der Waals surface area contributed by atoms with Gasteiger partial charge in [0.2, 0.25) is 5.91 Å². The number of nitrogens with one attached hydrogen (secondary N) is 1. The van der Waals surface area contributed by atoms with Crippen molar-refractivity contribution in [3.8, 4) is 0 Å². The van der Waals surface area contributed by atoms with E-state index in [2.05, 4.69) is 10.2 Å². The van der Waals surface area contributed by atoms with Crippen molar-refractivity contribution in [1.29, 1.82) is 0 Å². The highest BCUT2D eigenvalue weighted by molar-refractivity contribution is 5.85. The van der Waals surface area contributed by atoms with E-state index >= 15 is 0 Å². The van der Waals surface area contributed by atoms with E-state index < -0.39 is 0 Å². The first-order valence-electron chi connectivity index (χ1n) is 8.33. The molecular formula is C17H25ClFN3O2. The van der Waals surface area contributed by atoms with E-state index in [1.807, 2.05) is 4.90 Å². The Balaban J connectivity index is 0.00000208. The average molecular weight is 358 g/mol. The molecule has 1 N–H and O–H groups in total. The number of anilines is 1. The summed E-state index contributed by atoms with van der Waals surface area (Å²) in [6.07, 6.45) is 2.16. The van der Waals surface area contributed by atoms with Gasteiger partial charge >= 0.3 is 0 Å². The number of halogens is 2. The molecular weight excluding hydrogens is 333 g/mol. The smallest absolute Gasteiger partial charge is 0.248 e. The summed E-state index contributed by atoms with van der Waals surface area (Å²) in [6, 6.07) is 6.51. The standard InChI is InChI=1S/C17H24FN3O2.ClH/c18-14-1-3-15(4-2-14)20-9-11-21(12-10-20)17(22)13-23-16-5-7-19-8-6-16;/h1-4,16,19H,5-13H2;1H. The number of ether oxygens (including phenoxy) is 1. The number of rotatable bonds is 4. The van der Waals surface area contributed by atoms with Crippen LogP contribution in [-0.4, -0.2) is 62.8 Å². The Morgan fingerprint density at radius 1 is 1.12 bits per heavy atom. The number of piperazine rings is 1. The van der Waals surface area contributed by atoms with Gasteiger partial charge in [0, 0.05) is 31.9 Å². The molecule has 134 valence electrons. The average Bonchev–Trinajstić information content (AvgIpc) is 2.61. The minimum atomic E-state index is -0.224. The van der Waals surface area contributed by atoms with Gasteiger partial charge in [-0.1, -0.05) is 0 Å². The number of piperidine rings is 1. The van der Waals surface area contributed by atoms with Crippen LogP contribution in [0, 0.1) is 5.82 Å². The van der Waals surface area contributed by atoms with Crippen LogP contribution in [0.15, 0.2) is 24.3 Å². The zero-order valence-corrected chi connectivity index (χ0v) is 14.6. The van der Waals surface area contributed by atoms with Crippen LogP contribution in [-0.2, 0) is 9.53 Å². The molecule has 2 aliphatic rings. The van der Waals surface area contributed by atoms with Crippen molar-refractivity contribution in [3.05, 3.63) is 30.1 Å². The Hall–Kier alpha value is -1.37. The molecule has 0 spiro atoms. The van der Waals surface area contributed by atoms with Crippen LogP contribution in [0.4, 0.5) is 10.1 Å². The quantitative estimate of drug-likeness (QED) is 0.890. The van der Waals surface area contributed by atoms with Crippen molar-refractivity contribution >= 4 is 24.0 Å². The molecule has 3 rings (SSSR count). The van der Waals surface area contributed by atoms with Gasteiger partial charge in [0.15, 0.2) is 0 Å². The number of amides is 1. The van der Waals surface area contributed by atoms with Crippen LogP contribution in [0.2, 0.25) is 0 Å². The maximum absolute atomic E-state index is 13.0. The Bertz CT molecular complexity index is 515. The molecule has 0 unspecified atom stereocenters. The number of nitrogens with zero attached hydrogens (tertiary/aromatic N) is 2. The second-order valence-corrected chi connectivity index (χ2v) is 6.10. The lowest BCUT2D eigenvalue weighted by atomic mass is 10.1. The monoisotopic (exact) mass is 357 g/mol. The number of hydrogen-bond acceptors (Lipinski definition) is 4. The number of carbonyl (C=O) groups excluding carboxylic acids is 1. The molecule has 0 aromatic heterocycles. The summed E-state index contributed by atoms with van der Waals surface area (Å²) in [6.45, 7) is 5.03. The molecule has 0 aliphatic carbocycles. The van der Waals surface area contributed by atoms with Gasteiger partial charge in [-0.3, -0.25) is 4.79 Å². The number of carbonyl (C=O) groups is 1. The molecule has 0 radical (unpaired) electrons. The van der Waals surface area contributed by atoms with Gasteiger partial charge in [-0.05, 0) is 50.2 Å². The minimum Gasteiger partial charge on any atom is -0.368 e. The zero-order valence-electron chi connectivity index (χ0n) is 13.7. The number of benzene rings is 1. The van der Waals surface area contributed by atoms with Crippen molar-refractivity contribution in [2.24, 2.45) is 0 Å². The topological polar surface area (TPSA) is 44.8 Å².